The zero-order chi connectivity index (χ0) is 15.4. The Labute approximate surface area is 127 Å². The van der Waals surface area contributed by atoms with Crippen LogP contribution in [-0.2, 0) is 0 Å². The summed E-state index contributed by atoms with van der Waals surface area (Å²) in [5, 5.41) is 0. The maximum absolute atomic E-state index is 12.6. The second-order valence-electron chi connectivity index (χ2n) is 5.77. The first-order valence-electron chi connectivity index (χ1n) is 7.68. The Morgan fingerprint density at radius 2 is 1.67 bits per heavy atom. The Kier molecular flexibility index (Phi) is 5.37. The van der Waals surface area contributed by atoms with Crippen molar-refractivity contribution in [3.05, 3.63) is 28.8 Å². The second kappa shape index (κ2) is 7.05. The molecule has 1 saturated heterocycles. The molecule has 1 aliphatic rings. The van der Waals surface area contributed by atoms with Gasteiger partial charge in [0.25, 0.3) is 0 Å². The van der Waals surface area contributed by atoms with Crippen LogP contribution in [0.25, 0.3) is 0 Å². The lowest BCUT2D eigenvalue weighted by molar-refractivity contribution is 0.0856. The molecule has 1 heterocycles. The predicted molar refractivity (Wildman–Crippen MR) is 85.4 cm³/mol. The van der Waals surface area contributed by atoms with Gasteiger partial charge in [0.1, 0.15) is 5.75 Å². The van der Waals surface area contributed by atoms with E-state index in [4.69, 9.17) is 4.74 Å². The lowest BCUT2D eigenvalue weighted by Crippen LogP contribution is -2.47. The highest BCUT2D eigenvalue weighted by molar-refractivity contribution is 6.00. The highest BCUT2D eigenvalue weighted by atomic mass is 16.5. The van der Waals surface area contributed by atoms with Gasteiger partial charge in [-0.25, -0.2) is 0 Å². The summed E-state index contributed by atoms with van der Waals surface area (Å²) >= 11 is 0. The van der Waals surface area contributed by atoms with Gasteiger partial charge in [-0.3, -0.25) is 9.69 Å². The average molecular weight is 290 g/mol. The van der Waals surface area contributed by atoms with Gasteiger partial charge in [-0.1, -0.05) is 6.92 Å². The predicted octanol–water partition coefficient (Wildman–Crippen LogP) is 2.13. The monoisotopic (exact) mass is 290 g/mol. The molecule has 0 atom stereocenters. The smallest absolute Gasteiger partial charge is 0.180 e. The van der Waals surface area contributed by atoms with Crippen LogP contribution >= 0.6 is 0 Å². The van der Waals surface area contributed by atoms with Crippen LogP contribution < -0.4 is 4.74 Å². The third-order valence-corrected chi connectivity index (χ3v) is 4.40. The van der Waals surface area contributed by atoms with Gasteiger partial charge in [0.15, 0.2) is 5.78 Å². The van der Waals surface area contributed by atoms with Gasteiger partial charge >= 0.3 is 0 Å². The average Bonchev–Trinajstić information content (AvgIpc) is 2.50. The van der Waals surface area contributed by atoms with Crippen LogP contribution in [0.2, 0.25) is 0 Å². The van der Waals surface area contributed by atoms with E-state index in [-0.39, 0.29) is 5.78 Å². The van der Waals surface area contributed by atoms with Gasteiger partial charge < -0.3 is 9.64 Å². The number of piperazine rings is 1. The van der Waals surface area contributed by atoms with E-state index in [9.17, 15) is 4.79 Å². The molecule has 21 heavy (non-hydrogen) atoms. The molecule has 1 aromatic rings. The maximum Gasteiger partial charge on any atom is 0.180 e. The standard InChI is InChI=1S/C17H26N2O2/c1-5-18-6-8-19(9-7-18)12-16(20)15-10-13(2)14(3)11-17(15)21-4/h10-11H,5-9,12H2,1-4H3. The van der Waals surface area contributed by atoms with Crippen molar-refractivity contribution in [2.45, 2.75) is 20.8 Å². The normalized spacial score (nSPS) is 17.0. The Hall–Kier alpha value is -1.39. The summed E-state index contributed by atoms with van der Waals surface area (Å²) in [5.41, 5.74) is 2.99. The van der Waals surface area contributed by atoms with Gasteiger partial charge in [0.2, 0.25) is 0 Å². The van der Waals surface area contributed by atoms with E-state index in [1.54, 1.807) is 7.11 Å². The fourth-order valence-corrected chi connectivity index (χ4v) is 2.73. The number of hydrogen-bond acceptors (Lipinski definition) is 4. The SMILES string of the molecule is CCN1CCN(CC(=O)c2cc(C)c(C)cc2OC)CC1. The van der Waals surface area contributed by atoms with Crippen LogP contribution in [0, 0.1) is 13.8 Å². The number of carbonyl (C=O) groups is 1. The molecule has 0 spiro atoms. The first kappa shape index (κ1) is 16.0. The van der Waals surface area contributed by atoms with Gasteiger partial charge in [-0.05, 0) is 43.7 Å². The molecular weight excluding hydrogens is 264 g/mol. The number of aryl methyl sites for hydroxylation is 2. The summed E-state index contributed by atoms with van der Waals surface area (Å²) in [6.07, 6.45) is 0. The van der Waals surface area contributed by atoms with Crippen molar-refractivity contribution in [2.24, 2.45) is 0 Å². The van der Waals surface area contributed by atoms with Gasteiger partial charge in [-0.2, -0.15) is 0 Å². The topological polar surface area (TPSA) is 32.8 Å². The number of ketones is 1. The van der Waals surface area contributed by atoms with Crippen LogP contribution in [0.4, 0.5) is 0 Å². The number of ether oxygens (including phenoxy) is 1. The summed E-state index contributed by atoms with van der Waals surface area (Å²) in [7, 11) is 1.63. The molecule has 0 unspecified atom stereocenters. The van der Waals surface area contributed by atoms with E-state index in [1.807, 2.05) is 26.0 Å². The van der Waals surface area contributed by atoms with Crippen molar-refractivity contribution in [2.75, 3.05) is 46.4 Å². The second-order valence-corrected chi connectivity index (χ2v) is 5.77. The maximum atomic E-state index is 12.6. The molecule has 0 bridgehead atoms. The molecule has 2 rings (SSSR count). The lowest BCUT2D eigenvalue weighted by Gasteiger charge is -2.33. The Morgan fingerprint density at radius 1 is 1.10 bits per heavy atom. The van der Waals surface area contributed by atoms with Crippen LogP contribution in [0.1, 0.15) is 28.4 Å². The number of Topliss-reactive ketones (excluding diaryl/α,β-unsaturated/α-hetero) is 1. The molecule has 1 aromatic carbocycles. The van der Waals surface area contributed by atoms with Gasteiger partial charge in [-0.15, -0.1) is 0 Å². The van der Waals surface area contributed by atoms with E-state index in [0.717, 1.165) is 43.9 Å². The van der Waals surface area contributed by atoms with Crippen LogP contribution in [0.5, 0.6) is 5.75 Å². The fraction of sp³-hybridized carbons (Fsp3) is 0.588. The number of nitrogens with zero attached hydrogens (tertiary/aromatic N) is 2. The molecular formula is C17H26N2O2. The molecule has 0 amide bonds. The summed E-state index contributed by atoms with van der Waals surface area (Å²) in [6.45, 7) is 11.9. The van der Waals surface area contributed by atoms with E-state index >= 15 is 0 Å². The van der Waals surface area contributed by atoms with Crippen molar-refractivity contribution >= 4 is 5.78 Å². The third kappa shape index (κ3) is 3.83. The Bertz CT molecular complexity index is 506. The van der Waals surface area contributed by atoms with E-state index in [2.05, 4.69) is 16.7 Å². The van der Waals surface area contributed by atoms with Crippen molar-refractivity contribution < 1.29 is 9.53 Å². The molecule has 4 nitrogen and oxygen atoms in total. The molecule has 0 saturated carbocycles. The molecule has 4 heteroatoms. The Morgan fingerprint density at radius 3 is 2.24 bits per heavy atom. The minimum atomic E-state index is 0.153. The summed E-state index contributed by atoms with van der Waals surface area (Å²) < 4.78 is 5.38. The van der Waals surface area contributed by atoms with E-state index in [0.29, 0.717) is 17.9 Å². The zero-order valence-corrected chi connectivity index (χ0v) is 13.6. The van der Waals surface area contributed by atoms with Crippen molar-refractivity contribution in [3.63, 3.8) is 0 Å². The van der Waals surface area contributed by atoms with E-state index < -0.39 is 0 Å². The molecule has 0 aliphatic carbocycles. The largest absolute Gasteiger partial charge is 0.496 e. The zero-order valence-electron chi connectivity index (χ0n) is 13.6. The van der Waals surface area contributed by atoms with Gasteiger partial charge in [0.05, 0.1) is 19.2 Å². The number of benzene rings is 1. The molecule has 0 radical (unpaired) electrons. The van der Waals surface area contributed by atoms with Crippen molar-refractivity contribution in [1.82, 2.24) is 9.80 Å². The molecule has 1 fully saturated rings. The summed E-state index contributed by atoms with van der Waals surface area (Å²) in [6, 6.07) is 3.91. The van der Waals surface area contributed by atoms with E-state index in [1.165, 1.54) is 0 Å². The lowest BCUT2D eigenvalue weighted by atomic mass is 10.0. The minimum Gasteiger partial charge on any atom is -0.496 e. The molecule has 1 aliphatic heterocycles. The van der Waals surface area contributed by atoms with Crippen molar-refractivity contribution in [3.8, 4) is 5.75 Å². The minimum absolute atomic E-state index is 0.153. The molecule has 116 valence electrons. The number of likely N-dealkylation sites (N-methyl/N-ethyl adjacent to an activating group) is 1. The number of hydrogen-bond donors (Lipinski definition) is 0. The molecule has 0 N–H and O–H groups in total. The Balaban J connectivity index is 2.05. The summed E-state index contributed by atoms with van der Waals surface area (Å²) in [5.74, 6) is 0.843. The van der Waals surface area contributed by atoms with Crippen LogP contribution in [-0.4, -0.2) is 62.0 Å². The van der Waals surface area contributed by atoms with Crippen LogP contribution in [0.3, 0.4) is 0 Å². The summed E-state index contributed by atoms with van der Waals surface area (Å²) in [4.78, 5) is 17.2. The molecule has 0 aromatic heterocycles. The third-order valence-electron chi connectivity index (χ3n) is 4.40. The number of carbonyl (C=O) groups excluding carboxylic acids is 1. The highest BCUT2D eigenvalue weighted by Crippen LogP contribution is 2.23. The number of rotatable bonds is 5. The fourth-order valence-electron chi connectivity index (χ4n) is 2.73. The van der Waals surface area contributed by atoms with Crippen LogP contribution in [0.15, 0.2) is 12.1 Å². The highest BCUT2D eigenvalue weighted by Gasteiger charge is 2.20. The van der Waals surface area contributed by atoms with Crippen molar-refractivity contribution in [1.29, 1.82) is 0 Å². The number of methoxy groups -OCH3 is 1. The first-order chi connectivity index (χ1) is 10.0. The first-order valence-corrected chi connectivity index (χ1v) is 7.68. The van der Waals surface area contributed by atoms with Gasteiger partial charge in [0, 0.05) is 26.2 Å². The quantitative estimate of drug-likeness (QED) is 0.778.